The maximum atomic E-state index is 9.35. The highest BCUT2D eigenvalue weighted by Gasteiger charge is 2.20. The Kier molecular flexibility index (Phi) is 6.84. The monoisotopic (exact) mass is 368 g/mol. The van der Waals surface area contributed by atoms with Gasteiger partial charge in [0.25, 0.3) is 0 Å². The van der Waals surface area contributed by atoms with Gasteiger partial charge in [-0.15, -0.1) is 0 Å². The number of benzene rings is 1. The molecule has 27 heavy (non-hydrogen) atoms. The molecule has 1 aliphatic heterocycles. The number of guanidine groups is 1. The van der Waals surface area contributed by atoms with Crippen molar-refractivity contribution in [3.05, 3.63) is 48.3 Å². The number of hydrogen-bond donors (Lipinski definition) is 2. The zero-order valence-corrected chi connectivity index (χ0v) is 15.9. The molecule has 1 fully saturated rings. The number of rotatable bonds is 6. The molecule has 0 radical (unpaired) electrons. The Bertz CT molecular complexity index is 711. The second kappa shape index (κ2) is 9.75. The van der Waals surface area contributed by atoms with Gasteiger partial charge in [-0.2, -0.15) is 0 Å². The van der Waals surface area contributed by atoms with E-state index in [0.717, 1.165) is 64.0 Å². The van der Waals surface area contributed by atoms with Crippen molar-refractivity contribution in [3.63, 3.8) is 0 Å². The molecule has 7 nitrogen and oxygen atoms in total. The Balaban J connectivity index is 1.49. The van der Waals surface area contributed by atoms with Crippen LogP contribution in [0.4, 0.5) is 5.95 Å². The van der Waals surface area contributed by atoms with E-state index in [-0.39, 0.29) is 0 Å². The molecule has 1 aliphatic rings. The van der Waals surface area contributed by atoms with Gasteiger partial charge < -0.3 is 20.2 Å². The summed E-state index contributed by atoms with van der Waals surface area (Å²) in [6.07, 6.45) is 5.52. The number of nitrogens with zero attached hydrogens (tertiary/aromatic N) is 5. The number of anilines is 1. The number of nitrogens with one attached hydrogen (secondary N) is 1. The van der Waals surface area contributed by atoms with Gasteiger partial charge in [-0.25, -0.2) is 9.97 Å². The Labute approximate surface area is 160 Å². The van der Waals surface area contributed by atoms with Crippen LogP contribution < -0.4 is 10.2 Å². The average Bonchev–Trinajstić information content (AvgIpc) is 2.72. The molecule has 7 heteroatoms. The third-order valence-electron chi connectivity index (χ3n) is 4.57. The Morgan fingerprint density at radius 3 is 2.48 bits per heavy atom. The van der Waals surface area contributed by atoms with E-state index in [2.05, 4.69) is 32.0 Å². The molecule has 2 N–H and O–H groups in total. The fourth-order valence-electron chi connectivity index (χ4n) is 3.13. The SMILES string of the molecule is CCNC(=NCCCc1ccc(O)cc1)N1CCN(c2ncccn2)CC1. The summed E-state index contributed by atoms with van der Waals surface area (Å²) in [6, 6.07) is 9.25. The molecule has 0 saturated carbocycles. The molecule has 0 atom stereocenters. The molecule has 0 amide bonds. The molecule has 1 saturated heterocycles. The number of aryl methyl sites for hydroxylation is 1. The first-order valence-corrected chi connectivity index (χ1v) is 9.59. The average molecular weight is 368 g/mol. The lowest BCUT2D eigenvalue weighted by Crippen LogP contribution is -2.53. The van der Waals surface area contributed by atoms with Crippen LogP contribution >= 0.6 is 0 Å². The number of piperazine rings is 1. The molecule has 0 bridgehead atoms. The predicted octanol–water partition coefficient (Wildman–Crippen LogP) is 1.90. The van der Waals surface area contributed by atoms with Gasteiger partial charge in [0.1, 0.15) is 5.75 Å². The van der Waals surface area contributed by atoms with E-state index in [1.165, 1.54) is 5.56 Å². The van der Waals surface area contributed by atoms with E-state index >= 15 is 0 Å². The van der Waals surface area contributed by atoms with Crippen molar-refractivity contribution < 1.29 is 5.11 Å². The highest BCUT2D eigenvalue weighted by atomic mass is 16.3. The van der Waals surface area contributed by atoms with Gasteiger partial charge in [0, 0.05) is 51.7 Å². The Morgan fingerprint density at radius 2 is 1.81 bits per heavy atom. The summed E-state index contributed by atoms with van der Waals surface area (Å²) < 4.78 is 0. The maximum absolute atomic E-state index is 9.35. The smallest absolute Gasteiger partial charge is 0.225 e. The number of phenolic OH excluding ortho intramolecular Hbond substituents is 1. The van der Waals surface area contributed by atoms with Crippen LogP contribution in [0.2, 0.25) is 0 Å². The molecule has 0 unspecified atom stereocenters. The quantitative estimate of drug-likeness (QED) is 0.461. The number of hydrogen-bond acceptors (Lipinski definition) is 5. The molecule has 2 heterocycles. The normalized spacial score (nSPS) is 15.1. The summed E-state index contributed by atoms with van der Waals surface area (Å²) in [6.45, 7) is 7.33. The number of aromatic hydroxyl groups is 1. The topological polar surface area (TPSA) is 76.9 Å². The lowest BCUT2D eigenvalue weighted by Gasteiger charge is -2.36. The molecular formula is C20H28N6O. The van der Waals surface area contributed by atoms with Crippen molar-refractivity contribution in [1.82, 2.24) is 20.2 Å². The minimum Gasteiger partial charge on any atom is -0.508 e. The molecule has 0 spiro atoms. The van der Waals surface area contributed by atoms with E-state index < -0.39 is 0 Å². The fourth-order valence-corrected chi connectivity index (χ4v) is 3.13. The largest absolute Gasteiger partial charge is 0.508 e. The summed E-state index contributed by atoms with van der Waals surface area (Å²) >= 11 is 0. The molecule has 0 aliphatic carbocycles. The molecular weight excluding hydrogens is 340 g/mol. The van der Waals surface area contributed by atoms with Crippen LogP contribution in [0.25, 0.3) is 0 Å². The van der Waals surface area contributed by atoms with Crippen LogP contribution in [0.5, 0.6) is 5.75 Å². The first-order valence-electron chi connectivity index (χ1n) is 9.59. The molecule has 1 aromatic carbocycles. The second-order valence-electron chi connectivity index (χ2n) is 6.53. The third kappa shape index (κ3) is 5.57. The lowest BCUT2D eigenvalue weighted by atomic mass is 10.1. The van der Waals surface area contributed by atoms with Crippen molar-refractivity contribution >= 4 is 11.9 Å². The zero-order chi connectivity index (χ0) is 18.9. The minimum atomic E-state index is 0.311. The van der Waals surface area contributed by atoms with Gasteiger partial charge in [-0.05, 0) is 43.5 Å². The Hall–Kier alpha value is -2.83. The summed E-state index contributed by atoms with van der Waals surface area (Å²) in [5.74, 6) is 2.09. The fraction of sp³-hybridized carbons (Fsp3) is 0.450. The van der Waals surface area contributed by atoms with E-state index in [1.807, 2.05) is 18.2 Å². The van der Waals surface area contributed by atoms with E-state index in [1.54, 1.807) is 24.5 Å². The second-order valence-corrected chi connectivity index (χ2v) is 6.53. The standard InChI is InChI=1S/C20H28N6O/c1-2-21-19(22-10-3-5-17-6-8-18(27)9-7-17)25-13-15-26(16-14-25)20-23-11-4-12-24-20/h4,6-9,11-12,27H,2-3,5,10,13-16H2,1H3,(H,21,22). The van der Waals surface area contributed by atoms with Crippen molar-refractivity contribution in [2.45, 2.75) is 19.8 Å². The van der Waals surface area contributed by atoms with Crippen LogP contribution in [0.15, 0.2) is 47.7 Å². The van der Waals surface area contributed by atoms with Gasteiger partial charge in [-0.3, -0.25) is 4.99 Å². The van der Waals surface area contributed by atoms with Gasteiger partial charge in [0.2, 0.25) is 5.95 Å². The summed E-state index contributed by atoms with van der Waals surface area (Å²) in [5, 5.41) is 12.8. The van der Waals surface area contributed by atoms with Crippen LogP contribution in [-0.2, 0) is 6.42 Å². The van der Waals surface area contributed by atoms with Crippen molar-refractivity contribution in [2.24, 2.45) is 4.99 Å². The molecule has 144 valence electrons. The van der Waals surface area contributed by atoms with Gasteiger partial charge in [0.15, 0.2) is 5.96 Å². The maximum Gasteiger partial charge on any atom is 0.225 e. The summed E-state index contributed by atoms with van der Waals surface area (Å²) in [7, 11) is 0. The van der Waals surface area contributed by atoms with Crippen LogP contribution in [0.1, 0.15) is 18.9 Å². The van der Waals surface area contributed by atoms with Crippen LogP contribution in [0, 0.1) is 0 Å². The molecule has 1 aromatic heterocycles. The summed E-state index contributed by atoms with van der Waals surface area (Å²) in [5.41, 5.74) is 1.23. The van der Waals surface area contributed by atoms with Crippen LogP contribution in [-0.4, -0.2) is 65.2 Å². The van der Waals surface area contributed by atoms with Gasteiger partial charge in [0.05, 0.1) is 0 Å². The zero-order valence-electron chi connectivity index (χ0n) is 15.9. The van der Waals surface area contributed by atoms with E-state index in [0.29, 0.717) is 5.75 Å². The number of aromatic nitrogens is 2. The van der Waals surface area contributed by atoms with E-state index in [4.69, 9.17) is 4.99 Å². The van der Waals surface area contributed by atoms with E-state index in [9.17, 15) is 5.11 Å². The minimum absolute atomic E-state index is 0.311. The third-order valence-corrected chi connectivity index (χ3v) is 4.57. The molecule has 2 aromatic rings. The lowest BCUT2D eigenvalue weighted by molar-refractivity contribution is 0.370. The summed E-state index contributed by atoms with van der Waals surface area (Å²) in [4.78, 5) is 18.0. The molecule has 3 rings (SSSR count). The highest BCUT2D eigenvalue weighted by Crippen LogP contribution is 2.12. The predicted molar refractivity (Wildman–Crippen MR) is 108 cm³/mol. The first-order chi connectivity index (χ1) is 13.3. The number of aliphatic imine (C=N–C) groups is 1. The van der Waals surface area contributed by atoms with Crippen molar-refractivity contribution in [1.29, 1.82) is 0 Å². The van der Waals surface area contributed by atoms with Crippen molar-refractivity contribution in [3.8, 4) is 5.75 Å². The van der Waals surface area contributed by atoms with Gasteiger partial charge >= 0.3 is 0 Å². The highest BCUT2D eigenvalue weighted by molar-refractivity contribution is 5.80. The van der Waals surface area contributed by atoms with Gasteiger partial charge in [-0.1, -0.05) is 12.1 Å². The number of phenols is 1. The first kappa shape index (κ1) is 18.9. The van der Waals surface area contributed by atoms with Crippen molar-refractivity contribution in [2.75, 3.05) is 44.2 Å². The van der Waals surface area contributed by atoms with Crippen LogP contribution in [0.3, 0.4) is 0 Å². The Morgan fingerprint density at radius 1 is 1.11 bits per heavy atom.